The van der Waals surface area contributed by atoms with Crippen LogP contribution in [0.3, 0.4) is 0 Å². The van der Waals surface area contributed by atoms with Gasteiger partial charge in [0, 0.05) is 12.3 Å². The Morgan fingerprint density at radius 2 is 2.31 bits per heavy atom. The lowest BCUT2D eigenvalue weighted by molar-refractivity contribution is -0.117. The molecule has 0 spiro atoms. The molecule has 0 aliphatic rings. The van der Waals surface area contributed by atoms with Crippen LogP contribution >= 0.6 is 0 Å². The third kappa shape index (κ3) is 3.86. The summed E-state index contributed by atoms with van der Waals surface area (Å²) in [6.07, 6.45) is 0.250. The third-order valence-electron chi connectivity index (χ3n) is 1.96. The molecule has 0 atom stereocenters. The molecule has 0 heterocycles. The standard InChI is InChI=1S/C11H15FN2O2/c1-2-16-6-5-11(15)14-8-3-4-10(13)9(12)7-8/h3-4,7H,2,5-6,13H2,1H3,(H,14,15). The molecule has 5 heteroatoms. The Morgan fingerprint density at radius 1 is 1.56 bits per heavy atom. The third-order valence-corrected chi connectivity index (χ3v) is 1.96. The fourth-order valence-corrected chi connectivity index (χ4v) is 1.14. The molecule has 4 nitrogen and oxygen atoms in total. The van der Waals surface area contributed by atoms with Crippen LogP contribution in [0.1, 0.15) is 13.3 Å². The summed E-state index contributed by atoms with van der Waals surface area (Å²) in [5.74, 6) is -0.750. The van der Waals surface area contributed by atoms with Crippen LogP contribution in [0.2, 0.25) is 0 Å². The van der Waals surface area contributed by atoms with Crippen molar-refractivity contribution >= 4 is 17.3 Å². The fourth-order valence-electron chi connectivity index (χ4n) is 1.14. The van der Waals surface area contributed by atoms with E-state index in [0.29, 0.717) is 18.9 Å². The van der Waals surface area contributed by atoms with E-state index in [1.807, 2.05) is 6.92 Å². The van der Waals surface area contributed by atoms with Crippen molar-refractivity contribution in [2.24, 2.45) is 0 Å². The Labute approximate surface area is 93.6 Å². The van der Waals surface area contributed by atoms with Gasteiger partial charge in [0.05, 0.1) is 18.7 Å². The van der Waals surface area contributed by atoms with Crippen molar-refractivity contribution in [2.75, 3.05) is 24.3 Å². The number of hydrogen-bond acceptors (Lipinski definition) is 3. The highest BCUT2D eigenvalue weighted by molar-refractivity contribution is 5.90. The van der Waals surface area contributed by atoms with E-state index in [0.717, 1.165) is 0 Å². The van der Waals surface area contributed by atoms with Gasteiger partial charge in [-0.25, -0.2) is 4.39 Å². The molecular weight excluding hydrogens is 211 g/mol. The van der Waals surface area contributed by atoms with E-state index in [4.69, 9.17) is 10.5 Å². The number of rotatable bonds is 5. The summed E-state index contributed by atoms with van der Waals surface area (Å²) in [6, 6.07) is 4.15. The van der Waals surface area contributed by atoms with Crippen LogP contribution in [0.25, 0.3) is 0 Å². The normalized spacial score (nSPS) is 10.1. The molecule has 88 valence electrons. The number of anilines is 2. The second-order valence-corrected chi connectivity index (χ2v) is 3.23. The van der Waals surface area contributed by atoms with Crippen molar-refractivity contribution in [1.82, 2.24) is 0 Å². The summed E-state index contributed by atoms with van der Waals surface area (Å²) in [6.45, 7) is 2.79. The average Bonchev–Trinajstić information content (AvgIpc) is 2.24. The predicted molar refractivity (Wildman–Crippen MR) is 60.6 cm³/mol. The van der Waals surface area contributed by atoms with Gasteiger partial charge in [-0.3, -0.25) is 4.79 Å². The maximum atomic E-state index is 13.0. The van der Waals surface area contributed by atoms with Crippen molar-refractivity contribution in [3.8, 4) is 0 Å². The van der Waals surface area contributed by atoms with Gasteiger partial charge in [0.15, 0.2) is 0 Å². The van der Waals surface area contributed by atoms with E-state index in [1.54, 1.807) is 6.07 Å². The first kappa shape index (κ1) is 12.4. The Balaban J connectivity index is 2.46. The van der Waals surface area contributed by atoms with E-state index in [2.05, 4.69) is 5.32 Å². The molecule has 16 heavy (non-hydrogen) atoms. The fraction of sp³-hybridized carbons (Fsp3) is 0.364. The summed E-state index contributed by atoms with van der Waals surface area (Å²) in [7, 11) is 0. The number of nitrogens with one attached hydrogen (secondary N) is 1. The largest absolute Gasteiger partial charge is 0.396 e. The molecule has 0 saturated carbocycles. The molecule has 1 rings (SSSR count). The summed E-state index contributed by atoms with van der Waals surface area (Å²) in [5.41, 5.74) is 5.77. The van der Waals surface area contributed by atoms with Crippen LogP contribution in [-0.2, 0) is 9.53 Å². The lowest BCUT2D eigenvalue weighted by Gasteiger charge is -2.06. The van der Waals surface area contributed by atoms with Crippen molar-refractivity contribution < 1.29 is 13.9 Å². The predicted octanol–water partition coefficient (Wildman–Crippen LogP) is 1.77. The molecule has 0 fully saturated rings. The van der Waals surface area contributed by atoms with Crippen LogP contribution in [0, 0.1) is 5.82 Å². The van der Waals surface area contributed by atoms with Gasteiger partial charge in [-0.05, 0) is 25.1 Å². The lowest BCUT2D eigenvalue weighted by atomic mass is 10.2. The van der Waals surface area contributed by atoms with Gasteiger partial charge in [-0.1, -0.05) is 0 Å². The van der Waals surface area contributed by atoms with Crippen LogP contribution in [0.4, 0.5) is 15.8 Å². The van der Waals surface area contributed by atoms with Crippen molar-refractivity contribution in [3.63, 3.8) is 0 Å². The van der Waals surface area contributed by atoms with E-state index in [9.17, 15) is 9.18 Å². The molecule has 1 amide bonds. The topological polar surface area (TPSA) is 64.3 Å². The van der Waals surface area contributed by atoms with Gasteiger partial charge in [0.1, 0.15) is 5.82 Å². The summed E-state index contributed by atoms with van der Waals surface area (Å²) in [4.78, 5) is 11.3. The van der Waals surface area contributed by atoms with Crippen molar-refractivity contribution in [2.45, 2.75) is 13.3 Å². The minimum Gasteiger partial charge on any atom is -0.396 e. The average molecular weight is 226 g/mol. The number of amides is 1. The van der Waals surface area contributed by atoms with E-state index >= 15 is 0 Å². The second kappa shape index (κ2) is 6.07. The number of nitrogen functional groups attached to an aromatic ring is 1. The van der Waals surface area contributed by atoms with Gasteiger partial charge in [-0.2, -0.15) is 0 Å². The first-order chi connectivity index (χ1) is 7.63. The molecule has 0 radical (unpaired) electrons. The Hall–Kier alpha value is -1.62. The van der Waals surface area contributed by atoms with E-state index in [1.165, 1.54) is 12.1 Å². The summed E-state index contributed by atoms with van der Waals surface area (Å²) >= 11 is 0. The minimum atomic E-state index is -0.539. The zero-order chi connectivity index (χ0) is 12.0. The molecular formula is C11H15FN2O2. The van der Waals surface area contributed by atoms with Crippen LogP contribution < -0.4 is 11.1 Å². The summed E-state index contributed by atoms with van der Waals surface area (Å²) < 4.78 is 18.1. The first-order valence-corrected chi connectivity index (χ1v) is 5.06. The monoisotopic (exact) mass is 226 g/mol. The van der Waals surface area contributed by atoms with Crippen LogP contribution in [0.15, 0.2) is 18.2 Å². The highest BCUT2D eigenvalue weighted by Gasteiger charge is 2.04. The molecule has 3 N–H and O–H groups in total. The Bertz CT molecular complexity index is 369. The zero-order valence-electron chi connectivity index (χ0n) is 9.13. The quantitative estimate of drug-likeness (QED) is 0.594. The van der Waals surface area contributed by atoms with Crippen LogP contribution in [-0.4, -0.2) is 19.1 Å². The van der Waals surface area contributed by atoms with Crippen molar-refractivity contribution in [3.05, 3.63) is 24.0 Å². The minimum absolute atomic E-state index is 0.0623. The maximum Gasteiger partial charge on any atom is 0.226 e. The SMILES string of the molecule is CCOCCC(=O)Nc1ccc(N)c(F)c1. The smallest absolute Gasteiger partial charge is 0.226 e. The molecule has 0 bridgehead atoms. The molecule has 1 aromatic carbocycles. The zero-order valence-corrected chi connectivity index (χ0v) is 9.13. The van der Waals surface area contributed by atoms with Crippen LogP contribution in [0.5, 0.6) is 0 Å². The maximum absolute atomic E-state index is 13.0. The Kier molecular flexibility index (Phi) is 4.72. The van der Waals surface area contributed by atoms with E-state index in [-0.39, 0.29) is 18.0 Å². The molecule has 0 aliphatic carbocycles. The molecule has 0 unspecified atom stereocenters. The van der Waals surface area contributed by atoms with Gasteiger partial charge < -0.3 is 15.8 Å². The molecule has 0 saturated heterocycles. The number of carbonyl (C=O) groups excluding carboxylic acids is 1. The van der Waals surface area contributed by atoms with Gasteiger partial charge >= 0.3 is 0 Å². The number of nitrogens with two attached hydrogens (primary N) is 1. The van der Waals surface area contributed by atoms with Gasteiger partial charge in [0.25, 0.3) is 0 Å². The second-order valence-electron chi connectivity index (χ2n) is 3.23. The summed E-state index contributed by atoms with van der Waals surface area (Å²) in [5, 5.41) is 2.55. The highest BCUT2D eigenvalue weighted by Crippen LogP contribution is 2.15. The number of halogens is 1. The number of carbonyl (C=O) groups is 1. The first-order valence-electron chi connectivity index (χ1n) is 5.06. The molecule has 0 aliphatic heterocycles. The van der Waals surface area contributed by atoms with Crippen molar-refractivity contribution in [1.29, 1.82) is 0 Å². The highest BCUT2D eigenvalue weighted by atomic mass is 19.1. The van der Waals surface area contributed by atoms with Gasteiger partial charge in [0.2, 0.25) is 5.91 Å². The van der Waals surface area contributed by atoms with E-state index < -0.39 is 5.82 Å². The number of benzene rings is 1. The lowest BCUT2D eigenvalue weighted by Crippen LogP contribution is -2.14. The number of hydrogen-bond donors (Lipinski definition) is 2. The Morgan fingerprint density at radius 3 is 2.94 bits per heavy atom. The number of ether oxygens (including phenoxy) is 1. The molecule has 1 aromatic rings. The van der Waals surface area contributed by atoms with Gasteiger partial charge in [-0.15, -0.1) is 0 Å². The molecule has 0 aromatic heterocycles.